The Balaban J connectivity index is 1.01. The molecule has 3 aliphatic rings. The number of nitrogens with zero attached hydrogens (tertiary/aromatic N) is 3. The first-order valence-corrected chi connectivity index (χ1v) is 21.8. The molecule has 0 amide bonds. The van der Waals surface area contributed by atoms with Crippen LogP contribution in [-0.4, -0.2) is 9.13 Å². The van der Waals surface area contributed by atoms with Crippen molar-refractivity contribution in [2.24, 2.45) is 0 Å². The van der Waals surface area contributed by atoms with Gasteiger partial charge in [-0.15, -0.1) is 0 Å². The number of aromatic nitrogens is 2. The predicted octanol–water partition coefficient (Wildman–Crippen LogP) is 14.9. The minimum absolute atomic E-state index is 0.0589. The Bertz CT molecular complexity index is 3700. The van der Waals surface area contributed by atoms with Crippen molar-refractivity contribution in [3.8, 4) is 22.9 Å². The van der Waals surface area contributed by atoms with E-state index >= 15 is 0 Å². The van der Waals surface area contributed by atoms with Gasteiger partial charge in [-0.2, -0.15) is 5.26 Å². The van der Waals surface area contributed by atoms with Crippen LogP contribution in [0.15, 0.2) is 168 Å². The van der Waals surface area contributed by atoms with Gasteiger partial charge in [0.2, 0.25) is 0 Å². The lowest BCUT2D eigenvalue weighted by molar-refractivity contribution is 0.664. The van der Waals surface area contributed by atoms with Crippen LogP contribution < -0.4 is 0 Å². The van der Waals surface area contributed by atoms with Gasteiger partial charge in [-0.05, 0) is 113 Å². The standard InChI is InChI=1S/C58H41N3O/c1-58(2)49-20-9-6-17-42(49)45-24-25-46-43-18-7-10-21-50(43)61(56(46)55(45)58)41-30-35(34-59)29-39(32-41)37-15-12-16-40(31-37)60-51-27-23-38(36-13-4-3-5-14-36)33-48(51)54-52(60)28-26-47-44-19-8-11-22-53(44)62-57(47)54/h3-14,16-22,24-26,28-33,37H,15,23,27H2,1-2H3. The Kier molecular flexibility index (Phi) is 7.35. The molecule has 0 radical (unpaired) electrons. The van der Waals surface area contributed by atoms with Gasteiger partial charge in [0, 0.05) is 55.5 Å². The lowest BCUT2D eigenvalue weighted by Crippen LogP contribution is -2.16. The van der Waals surface area contributed by atoms with Crippen molar-refractivity contribution in [3.63, 3.8) is 0 Å². The number of benzene rings is 7. The number of nitriles is 1. The number of hydrogen-bond acceptors (Lipinski definition) is 2. The average Bonchev–Trinajstić information content (AvgIpc) is 4.04. The molecule has 1 unspecified atom stereocenters. The molecule has 0 spiro atoms. The second kappa shape index (κ2) is 12.9. The molecule has 3 aromatic heterocycles. The molecule has 0 aliphatic heterocycles. The van der Waals surface area contributed by atoms with Crippen molar-refractivity contribution in [2.45, 2.75) is 44.4 Å². The molecule has 62 heavy (non-hydrogen) atoms. The van der Waals surface area contributed by atoms with E-state index < -0.39 is 0 Å². The van der Waals surface area contributed by atoms with Gasteiger partial charge in [-0.3, -0.25) is 0 Å². The summed E-state index contributed by atoms with van der Waals surface area (Å²) in [5, 5.41) is 16.6. The maximum absolute atomic E-state index is 10.7. The van der Waals surface area contributed by atoms with Crippen LogP contribution in [0.4, 0.5) is 0 Å². The lowest BCUT2D eigenvalue weighted by atomic mass is 9.81. The molecule has 0 bridgehead atoms. The summed E-state index contributed by atoms with van der Waals surface area (Å²) in [6, 6.07) is 55.0. The molecule has 294 valence electrons. The van der Waals surface area contributed by atoms with E-state index in [4.69, 9.17) is 4.42 Å². The fourth-order valence-electron chi connectivity index (χ4n) is 11.4. The summed E-state index contributed by atoms with van der Waals surface area (Å²) in [6.45, 7) is 4.72. The fraction of sp³-hybridized carbons (Fsp3) is 0.121. The second-order valence-corrected chi connectivity index (χ2v) is 17.8. The molecule has 0 N–H and O–H groups in total. The van der Waals surface area contributed by atoms with Crippen LogP contribution >= 0.6 is 0 Å². The number of rotatable bonds is 4. The Morgan fingerprint density at radius 1 is 0.694 bits per heavy atom. The van der Waals surface area contributed by atoms with Gasteiger partial charge >= 0.3 is 0 Å². The van der Waals surface area contributed by atoms with Crippen LogP contribution in [0.2, 0.25) is 0 Å². The van der Waals surface area contributed by atoms with Crippen molar-refractivity contribution in [3.05, 3.63) is 203 Å². The summed E-state index contributed by atoms with van der Waals surface area (Å²) in [4.78, 5) is 0. The highest BCUT2D eigenvalue weighted by atomic mass is 16.3. The summed E-state index contributed by atoms with van der Waals surface area (Å²) in [5.74, 6) is 0.0589. The number of allylic oxidation sites excluding steroid dienone is 5. The highest BCUT2D eigenvalue weighted by Crippen LogP contribution is 2.53. The Labute approximate surface area is 359 Å². The van der Waals surface area contributed by atoms with Gasteiger partial charge in [-0.1, -0.05) is 129 Å². The maximum atomic E-state index is 10.7. The van der Waals surface area contributed by atoms with E-state index in [2.05, 4.69) is 193 Å². The third kappa shape index (κ3) is 4.88. The highest BCUT2D eigenvalue weighted by Gasteiger charge is 2.38. The van der Waals surface area contributed by atoms with E-state index in [0.29, 0.717) is 5.56 Å². The quantitative estimate of drug-likeness (QED) is 0.178. The molecule has 3 heterocycles. The third-order valence-electron chi connectivity index (χ3n) is 14.1. The summed E-state index contributed by atoms with van der Waals surface area (Å²) in [5.41, 5.74) is 19.6. The molecule has 0 saturated carbocycles. The average molecular weight is 796 g/mol. The molecule has 13 rings (SSSR count). The highest BCUT2D eigenvalue weighted by molar-refractivity contribution is 6.19. The van der Waals surface area contributed by atoms with Crippen molar-refractivity contribution in [1.29, 1.82) is 5.26 Å². The van der Waals surface area contributed by atoms with E-state index in [0.717, 1.165) is 74.6 Å². The Morgan fingerprint density at radius 2 is 1.48 bits per heavy atom. The molecule has 3 aliphatic carbocycles. The number of fused-ring (bicyclic) bond motifs is 14. The van der Waals surface area contributed by atoms with Gasteiger partial charge in [0.25, 0.3) is 0 Å². The van der Waals surface area contributed by atoms with Crippen molar-refractivity contribution >= 4 is 72.0 Å². The molecule has 0 fully saturated rings. The van der Waals surface area contributed by atoms with Gasteiger partial charge < -0.3 is 13.6 Å². The largest absolute Gasteiger partial charge is 0.455 e. The zero-order valence-corrected chi connectivity index (χ0v) is 34.6. The molecule has 4 nitrogen and oxygen atoms in total. The van der Waals surface area contributed by atoms with Crippen LogP contribution in [0.1, 0.15) is 71.7 Å². The Morgan fingerprint density at radius 3 is 2.37 bits per heavy atom. The number of para-hydroxylation sites is 2. The number of furan rings is 1. The zero-order chi connectivity index (χ0) is 41.3. The minimum atomic E-state index is -0.206. The molecular weight excluding hydrogens is 755 g/mol. The summed E-state index contributed by atoms with van der Waals surface area (Å²) < 4.78 is 11.7. The second-order valence-electron chi connectivity index (χ2n) is 17.8. The summed E-state index contributed by atoms with van der Waals surface area (Å²) in [7, 11) is 0. The maximum Gasteiger partial charge on any atom is 0.145 e. The number of hydrogen-bond donors (Lipinski definition) is 0. The summed E-state index contributed by atoms with van der Waals surface area (Å²) >= 11 is 0. The minimum Gasteiger partial charge on any atom is -0.455 e. The molecular formula is C58H41N3O. The predicted molar refractivity (Wildman–Crippen MR) is 256 cm³/mol. The molecule has 10 aromatic rings. The van der Waals surface area contributed by atoms with Crippen LogP contribution in [0.5, 0.6) is 0 Å². The normalized spacial score (nSPS) is 16.4. The van der Waals surface area contributed by atoms with E-state index in [1.165, 1.54) is 60.9 Å². The zero-order valence-electron chi connectivity index (χ0n) is 34.6. The van der Waals surface area contributed by atoms with Gasteiger partial charge in [0.15, 0.2) is 0 Å². The van der Waals surface area contributed by atoms with E-state index in [-0.39, 0.29) is 11.3 Å². The monoisotopic (exact) mass is 795 g/mol. The first-order valence-electron chi connectivity index (χ1n) is 21.8. The Hall–Kier alpha value is -7.61. The first kappa shape index (κ1) is 35.2. The van der Waals surface area contributed by atoms with Crippen molar-refractivity contribution < 1.29 is 4.42 Å². The smallest absolute Gasteiger partial charge is 0.145 e. The molecule has 4 heteroatoms. The third-order valence-corrected chi connectivity index (χ3v) is 14.1. The molecule has 0 saturated heterocycles. The molecule has 7 aromatic carbocycles. The topological polar surface area (TPSA) is 46.8 Å². The van der Waals surface area contributed by atoms with Crippen molar-refractivity contribution in [1.82, 2.24) is 9.13 Å². The molecule has 1 atom stereocenters. The van der Waals surface area contributed by atoms with Crippen LogP contribution in [0, 0.1) is 11.3 Å². The first-order chi connectivity index (χ1) is 30.5. The van der Waals surface area contributed by atoms with Gasteiger partial charge in [-0.25, -0.2) is 0 Å². The van der Waals surface area contributed by atoms with E-state index in [1.54, 1.807) is 0 Å². The van der Waals surface area contributed by atoms with E-state index in [9.17, 15) is 5.26 Å². The van der Waals surface area contributed by atoms with Crippen LogP contribution in [0.25, 0.3) is 88.8 Å². The summed E-state index contributed by atoms with van der Waals surface area (Å²) in [6.07, 6.45) is 12.2. The van der Waals surface area contributed by atoms with Crippen molar-refractivity contribution in [2.75, 3.05) is 0 Å². The lowest BCUT2D eigenvalue weighted by Gasteiger charge is -2.24. The SMILES string of the molecule is CC1(C)c2ccccc2-c2ccc3c4ccccc4n(-c4cc(C#N)cc(C5C=C(n6c7c(c8c9oc%10ccccc%10c9ccc86)C=C(c6ccccc6)CC7)C=CC5)c4)c3c21. The fourth-order valence-corrected chi connectivity index (χ4v) is 11.4. The van der Waals surface area contributed by atoms with Crippen LogP contribution in [0.3, 0.4) is 0 Å². The van der Waals surface area contributed by atoms with E-state index in [1.807, 2.05) is 6.07 Å². The van der Waals surface area contributed by atoms with Gasteiger partial charge in [0.1, 0.15) is 11.2 Å². The van der Waals surface area contributed by atoms with Crippen LogP contribution in [-0.2, 0) is 11.8 Å². The van der Waals surface area contributed by atoms with Gasteiger partial charge in [0.05, 0.1) is 33.6 Å².